The fraction of sp³-hybridized carbons (Fsp3) is 0.0400. The van der Waals surface area contributed by atoms with E-state index in [9.17, 15) is 0 Å². The summed E-state index contributed by atoms with van der Waals surface area (Å²) in [5.74, 6) is 0. The third-order valence-corrected chi connectivity index (χ3v) is 7.88. The zero-order valence-electron chi connectivity index (χ0n) is 14.5. The van der Waals surface area contributed by atoms with Crippen molar-refractivity contribution in [2.45, 2.75) is 6.42 Å². The lowest BCUT2D eigenvalue weighted by Gasteiger charge is -2.08. The van der Waals surface area contributed by atoms with E-state index in [2.05, 4.69) is 84.9 Å². The summed E-state index contributed by atoms with van der Waals surface area (Å²) < 4.78 is 0. The average molecular weight is 347 g/mol. The summed E-state index contributed by atoms with van der Waals surface area (Å²) in [4.78, 5) is 0. The standard InChI is InChI=1S/C25H18Si/c1-2-6-20-18(5-1)14-19-13-16(9-11-21(19)20)17-10-12-23-22-7-3-4-8-24(22)26-25(23)15-17/h1-13,15H,14,26H2. The number of benzene rings is 4. The van der Waals surface area contributed by atoms with Crippen LogP contribution in [0.2, 0.25) is 0 Å². The fourth-order valence-electron chi connectivity index (χ4n) is 4.65. The van der Waals surface area contributed by atoms with Gasteiger partial charge in [0.1, 0.15) is 0 Å². The SMILES string of the molecule is c1ccc2c(c1)Cc1cc(-c3ccc4c(c3)[SiH2]c3ccccc3-4)ccc1-2. The van der Waals surface area contributed by atoms with Crippen molar-refractivity contribution in [2.24, 2.45) is 0 Å². The summed E-state index contributed by atoms with van der Waals surface area (Å²) >= 11 is 0. The Balaban J connectivity index is 1.42. The smallest absolute Gasteiger partial charge is 0.0627 e. The molecule has 26 heavy (non-hydrogen) atoms. The molecule has 0 radical (unpaired) electrons. The van der Waals surface area contributed by atoms with Crippen LogP contribution in [0.25, 0.3) is 33.4 Å². The van der Waals surface area contributed by atoms with Crippen LogP contribution in [0.15, 0.2) is 84.9 Å². The molecular formula is C25H18Si. The molecule has 6 rings (SSSR count). The second kappa shape index (κ2) is 5.30. The molecule has 0 aromatic heterocycles. The maximum atomic E-state index is 2.45. The number of hydrogen-bond donors (Lipinski definition) is 0. The first kappa shape index (κ1) is 14.3. The maximum Gasteiger partial charge on any atom is 0.0891 e. The zero-order valence-corrected chi connectivity index (χ0v) is 15.9. The lowest BCUT2D eigenvalue weighted by molar-refractivity contribution is 1.26. The average Bonchev–Trinajstić information content (AvgIpc) is 3.24. The molecule has 4 aromatic carbocycles. The molecule has 0 saturated heterocycles. The molecule has 0 spiro atoms. The molecule has 0 atom stereocenters. The lowest BCUT2D eigenvalue weighted by Crippen LogP contribution is -2.20. The molecule has 2 aliphatic rings. The monoisotopic (exact) mass is 346 g/mol. The van der Waals surface area contributed by atoms with Crippen molar-refractivity contribution >= 4 is 19.9 Å². The van der Waals surface area contributed by atoms with E-state index in [0.717, 1.165) is 6.42 Å². The molecule has 1 heterocycles. The Hall–Kier alpha value is -2.90. The predicted molar refractivity (Wildman–Crippen MR) is 113 cm³/mol. The maximum absolute atomic E-state index is 2.45. The normalized spacial score (nSPS) is 14.0. The molecule has 0 amide bonds. The van der Waals surface area contributed by atoms with Crippen molar-refractivity contribution < 1.29 is 0 Å². The third kappa shape index (κ3) is 2.01. The Morgan fingerprint density at radius 1 is 0.500 bits per heavy atom. The van der Waals surface area contributed by atoms with Gasteiger partial charge in [0, 0.05) is 0 Å². The highest BCUT2D eigenvalue weighted by atomic mass is 28.2. The van der Waals surface area contributed by atoms with Gasteiger partial charge in [-0.25, -0.2) is 0 Å². The summed E-state index contributed by atoms with van der Waals surface area (Å²) in [5, 5.41) is 3.18. The Bertz CT molecular complexity index is 1090. The fourth-order valence-corrected chi connectivity index (χ4v) is 6.63. The molecule has 0 unspecified atom stereocenters. The highest BCUT2D eigenvalue weighted by Crippen LogP contribution is 2.38. The van der Waals surface area contributed by atoms with Crippen LogP contribution in [-0.2, 0) is 6.42 Å². The van der Waals surface area contributed by atoms with Crippen LogP contribution in [-0.4, -0.2) is 9.52 Å². The van der Waals surface area contributed by atoms with Crippen LogP contribution in [0, 0.1) is 0 Å². The van der Waals surface area contributed by atoms with Gasteiger partial charge < -0.3 is 0 Å². The van der Waals surface area contributed by atoms with Gasteiger partial charge in [-0.15, -0.1) is 0 Å². The highest BCUT2D eigenvalue weighted by Gasteiger charge is 2.20. The second-order valence-corrected chi connectivity index (χ2v) is 9.29. The Morgan fingerprint density at radius 2 is 1.15 bits per heavy atom. The third-order valence-electron chi connectivity index (χ3n) is 5.92. The van der Waals surface area contributed by atoms with Crippen LogP contribution in [0.3, 0.4) is 0 Å². The van der Waals surface area contributed by atoms with E-state index >= 15 is 0 Å². The number of hydrogen-bond acceptors (Lipinski definition) is 0. The molecule has 0 saturated carbocycles. The lowest BCUT2D eigenvalue weighted by atomic mass is 9.97. The van der Waals surface area contributed by atoms with E-state index < -0.39 is 0 Å². The zero-order chi connectivity index (χ0) is 17.1. The number of rotatable bonds is 1. The highest BCUT2D eigenvalue weighted by molar-refractivity contribution is 6.73. The summed E-state index contributed by atoms with van der Waals surface area (Å²) in [6.45, 7) is 0. The summed E-state index contributed by atoms with van der Waals surface area (Å²) in [6, 6.07) is 31.8. The minimum atomic E-state index is -0.339. The first-order valence-electron chi connectivity index (χ1n) is 9.29. The van der Waals surface area contributed by atoms with Crippen molar-refractivity contribution in [3.05, 3.63) is 96.1 Å². The molecular weight excluding hydrogens is 328 g/mol. The van der Waals surface area contributed by atoms with Gasteiger partial charge in [-0.05, 0) is 50.9 Å². The Morgan fingerprint density at radius 3 is 2.08 bits per heavy atom. The van der Waals surface area contributed by atoms with Gasteiger partial charge in [0.2, 0.25) is 0 Å². The van der Waals surface area contributed by atoms with Crippen molar-refractivity contribution in [2.75, 3.05) is 0 Å². The first-order chi connectivity index (χ1) is 12.9. The van der Waals surface area contributed by atoms with Gasteiger partial charge >= 0.3 is 0 Å². The molecule has 1 aliphatic carbocycles. The largest absolute Gasteiger partial charge is 0.0891 e. The van der Waals surface area contributed by atoms with Gasteiger partial charge in [-0.2, -0.15) is 0 Å². The quantitative estimate of drug-likeness (QED) is 0.394. The van der Waals surface area contributed by atoms with Crippen molar-refractivity contribution in [1.82, 2.24) is 0 Å². The van der Waals surface area contributed by atoms with Gasteiger partial charge in [-0.3, -0.25) is 0 Å². The van der Waals surface area contributed by atoms with E-state index in [4.69, 9.17) is 0 Å². The molecule has 1 heteroatoms. The van der Waals surface area contributed by atoms with Gasteiger partial charge in [0.05, 0.1) is 9.52 Å². The number of fused-ring (bicyclic) bond motifs is 6. The predicted octanol–water partition coefficient (Wildman–Crippen LogP) is 4.02. The summed E-state index contributed by atoms with van der Waals surface area (Å²) in [5.41, 5.74) is 11.4. The van der Waals surface area contributed by atoms with Crippen molar-refractivity contribution in [3.8, 4) is 33.4 Å². The first-order valence-corrected chi connectivity index (χ1v) is 10.7. The van der Waals surface area contributed by atoms with E-state index in [1.165, 1.54) is 44.5 Å². The summed E-state index contributed by atoms with van der Waals surface area (Å²) in [7, 11) is -0.339. The molecule has 0 fully saturated rings. The molecule has 4 aromatic rings. The topological polar surface area (TPSA) is 0 Å². The Kier molecular flexibility index (Phi) is 2.91. The van der Waals surface area contributed by atoms with Crippen molar-refractivity contribution in [1.29, 1.82) is 0 Å². The second-order valence-electron chi connectivity index (χ2n) is 7.41. The van der Waals surface area contributed by atoms with E-state index in [1.54, 1.807) is 10.4 Å². The minimum absolute atomic E-state index is 0.339. The van der Waals surface area contributed by atoms with Crippen LogP contribution in [0.5, 0.6) is 0 Å². The van der Waals surface area contributed by atoms with E-state index in [1.807, 2.05) is 0 Å². The summed E-state index contributed by atoms with van der Waals surface area (Å²) in [6.07, 6.45) is 1.06. The molecule has 122 valence electrons. The van der Waals surface area contributed by atoms with E-state index in [0.29, 0.717) is 0 Å². The van der Waals surface area contributed by atoms with Crippen LogP contribution in [0.4, 0.5) is 0 Å². The molecule has 0 nitrogen and oxygen atoms in total. The van der Waals surface area contributed by atoms with E-state index in [-0.39, 0.29) is 9.52 Å². The van der Waals surface area contributed by atoms with Gasteiger partial charge in [0.15, 0.2) is 0 Å². The van der Waals surface area contributed by atoms with Crippen LogP contribution < -0.4 is 10.4 Å². The Labute approximate surface area is 156 Å². The molecule has 0 bridgehead atoms. The van der Waals surface area contributed by atoms with Gasteiger partial charge in [-0.1, -0.05) is 95.3 Å². The van der Waals surface area contributed by atoms with Crippen molar-refractivity contribution in [3.63, 3.8) is 0 Å². The molecule has 0 N–H and O–H groups in total. The minimum Gasteiger partial charge on any atom is -0.0627 e. The molecule has 1 aliphatic heterocycles. The van der Waals surface area contributed by atoms with Crippen LogP contribution >= 0.6 is 0 Å². The van der Waals surface area contributed by atoms with Gasteiger partial charge in [0.25, 0.3) is 0 Å². The van der Waals surface area contributed by atoms with Crippen LogP contribution in [0.1, 0.15) is 11.1 Å².